The van der Waals surface area contributed by atoms with Crippen LogP contribution < -0.4 is 16.0 Å². The number of rotatable bonds is 8. The van der Waals surface area contributed by atoms with E-state index in [-0.39, 0.29) is 18.9 Å². The zero-order valence-electron chi connectivity index (χ0n) is 18.5. The highest BCUT2D eigenvalue weighted by molar-refractivity contribution is 7.17. The van der Waals surface area contributed by atoms with Gasteiger partial charge in [0, 0.05) is 23.4 Å². The Morgan fingerprint density at radius 3 is 2.38 bits per heavy atom. The van der Waals surface area contributed by atoms with Gasteiger partial charge in [0.15, 0.2) is 0 Å². The number of benzene rings is 3. The fourth-order valence-corrected chi connectivity index (χ4v) is 4.66. The summed E-state index contributed by atoms with van der Waals surface area (Å²) < 4.78 is 1.13. The Bertz CT molecular complexity index is 1310. The van der Waals surface area contributed by atoms with Crippen LogP contribution in [-0.4, -0.2) is 24.5 Å². The molecule has 3 aromatic carbocycles. The molecule has 6 nitrogen and oxygen atoms in total. The van der Waals surface area contributed by atoms with Crippen molar-refractivity contribution < 1.29 is 9.59 Å². The molecule has 0 spiro atoms. The van der Waals surface area contributed by atoms with Crippen LogP contribution in [0.3, 0.4) is 0 Å². The van der Waals surface area contributed by atoms with Gasteiger partial charge in [0.05, 0.1) is 12.5 Å². The fraction of sp³-hybridized carbons (Fsp3) is 0.148. The van der Waals surface area contributed by atoms with Gasteiger partial charge in [-0.15, -0.1) is 11.3 Å². The molecule has 0 aliphatic carbocycles. The molecule has 0 saturated heterocycles. The molecule has 0 aliphatic heterocycles. The van der Waals surface area contributed by atoms with Crippen LogP contribution in [0.5, 0.6) is 0 Å². The Kier molecular flexibility index (Phi) is 7.53. The number of nitrogens with zero attached hydrogens (tertiary/aromatic N) is 1. The summed E-state index contributed by atoms with van der Waals surface area (Å²) in [6.45, 7) is 0.237. The summed E-state index contributed by atoms with van der Waals surface area (Å²) in [5.41, 5.74) is 3.76. The first kappa shape index (κ1) is 23.0. The maximum Gasteiger partial charge on any atom is 0.319 e. The first-order valence-corrected chi connectivity index (χ1v) is 11.8. The molecule has 7 heteroatoms. The van der Waals surface area contributed by atoms with Gasteiger partial charge in [0.25, 0.3) is 0 Å². The lowest BCUT2D eigenvalue weighted by Crippen LogP contribution is -2.49. The average molecular weight is 469 g/mol. The highest BCUT2D eigenvalue weighted by Crippen LogP contribution is 2.27. The van der Waals surface area contributed by atoms with Crippen molar-refractivity contribution in [1.82, 2.24) is 10.6 Å². The van der Waals surface area contributed by atoms with Gasteiger partial charge in [0.1, 0.15) is 6.04 Å². The number of anilines is 1. The van der Waals surface area contributed by atoms with Crippen molar-refractivity contribution in [2.45, 2.75) is 18.9 Å². The molecule has 4 aromatic rings. The summed E-state index contributed by atoms with van der Waals surface area (Å²) in [5, 5.41) is 20.2. The van der Waals surface area contributed by atoms with Crippen molar-refractivity contribution in [3.63, 3.8) is 0 Å². The van der Waals surface area contributed by atoms with Gasteiger partial charge in [-0.1, -0.05) is 60.7 Å². The van der Waals surface area contributed by atoms with Crippen LogP contribution in [0.4, 0.5) is 10.5 Å². The number of carbonyl (C=O) groups excluding carboxylic acids is 2. The number of urea groups is 1. The molecule has 0 aliphatic rings. The Hall–Kier alpha value is -4.15. The second-order valence-corrected chi connectivity index (χ2v) is 8.67. The lowest BCUT2D eigenvalue weighted by Gasteiger charge is -2.19. The summed E-state index contributed by atoms with van der Waals surface area (Å²) in [4.78, 5) is 25.6. The number of nitrogens with one attached hydrogen (secondary N) is 3. The molecule has 1 atom stereocenters. The number of thiophene rings is 1. The number of hydrogen-bond acceptors (Lipinski definition) is 4. The average Bonchev–Trinajstić information content (AvgIpc) is 3.27. The third-order valence-electron chi connectivity index (χ3n) is 5.39. The van der Waals surface area contributed by atoms with E-state index in [9.17, 15) is 9.59 Å². The lowest BCUT2D eigenvalue weighted by atomic mass is 10.0. The number of nitriles is 1. The Morgan fingerprint density at radius 2 is 1.62 bits per heavy atom. The van der Waals surface area contributed by atoms with Crippen molar-refractivity contribution >= 4 is 39.0 Å². The normalized spacial score (nSPS) is 11.4. The Balaban J connectivity index is 1.45. The molecule has 0 bridgehead atoms. The second-order valence-electron chi connectivity index (χ2n) is 7.75. The first-order valence-electron chi connectivity index (χ1n) is 11.0. The second kappa shape index (κ2) is 11.1. The maximum atomic E-state index is 12.8. The molecule has 3 amide bonds. The van der Waals surface area contributed by atoms with E-state index in [1.165, 1.54) is 0 Å². The summed E-state index contributed by atoms with van der Waals surface area (Å²) >= 11 is 1.61. The summed E-state index contributed by atoms with van der Waals surface area (Å²) in [6.07, 6.45) is 0.558. The van der Waals surface area contributed by atoms with Gasteiger partial charge < -0.3 is 16.0 Å². The number of carbonyl (C=O) groups is 2. The third kappa shape index (κ3) is 5.80. The van der Waals surface area contributed by atoms with E-state index in [4.69, 9.17) is 5.26 Å². The largest absolute Gasteiger partial charge is 0.353 e. The third-order valence-corrected chi connectivity index (χ3v) is 6.41. The molecule has 3 N–H and O–H groups in total. The maximum absolute atomic E-state index is 12.8. The number of fused-ring (bicyclic) bond motifs is 1. The molecule has 170 valence electrons. The topological polar surface area (TPSA) is 94.0 Å². The fourth-order valence-electron chi connectivity index (χ4n) is 3.69. The molecule has 0 radical (unpaired) electrons. The highest BCUT2D eigenvalue weighted by Gasteiger charge is 2.22. The van der Waals surface area contributed by atoms with E-state index in [0.717, 1.165) is 26.8 Å². The van der Waals surface area contributed by atoms with Crippen LogP contribution in [0.15, 0.2) is 84.2 Å². The Morgan fingerprint density at radius 1 is 0.912 bits per heavy atom. The summed E-state index contributed by atoms with van der Waals surface area (Å²) in [6, 6.07) is 26.3. The minimum Gasteiger partial charge on any atom is -0.353 e. The lowest BCUT2D eigenvalue weighted by molar-refractivity contribution is -0.122. The van der Waals surface area contributed by atoms with Gasteiger partial charge in [0.2, 0.25) is 5.91 Å². The van der Waals surface area contributed by atoms with Crippen molar-refractivity contribution in [1.29, 1.82) is 5.26 Å². The van der Waals surface area contributed by atoms with Crippen molar-refractivity contribution in [3.8, 4) is 17.2 Å². The summed E-state index contributed by atoms with van der Waals surface area (Å²) in [5.74, 6) is -0.319. The van der Waals surface area contributed by atoms with Crippen LogP contribution in [0.25, 0.3) is 21.2 Å². The molecule has 4 rings (SSSR count). The van der Waals surface area contributed by atoms with Crippen LogP contribution in [0.2, 0.25) is 0 Å². The monoisotopic (exact) mass is 468 g/mol. The standard InChI is InChI=1S/C27H24N4O2S/c28-15-6-16-29-26(32)24(17-21-18-34-25-10-5-4-9-23(21)25)31-27(33)30-22-13-11-20(12-14-22)19-7-2-1-3-8-19/h1-5,7-14,18,24H,6,16-17H2,(H,29,32)(H2,30,31,33). The minimum atomic E-state index is -0.778. The smallest absolute Gasteiger partial charge is 0.319 e. The van der Waals surface area contributed by atoms with Crippen molar-refractivity contribution in [3.05, 3.63) is 89.8 Å². The van der Waals surface area contributed by atoms with E-state index in [2.05, 4.69) is 16.0 Å². The van der Waals surface area contributed by atoms with Crippen LogP contribution in [-0.2, 0) is 11.2 Å². The van der Waals surface area contributed by atoms with E-state index in [1.54, 1.807) is 11.3 Å². The van der Waals surface area contributed by atoms with Crippen LogP contribution in [0.1, 0.15) is 12.0 Å². The van der Waals surface area contributed by atoms with Gasteiger partial charge >= 0.3 is 6.03 Å². The van der Waals surface area contributed by atoms with Crippen LogP contribution >= 0.6 is 11.3 Å². The molecular weight excluding hydrogens is 444 g/mol. The molecule has 1 unspecified atom stereocenters. The van der Waals surface area contributed by atoms with E-state index in [1.807, 2.05) is 90.3 Å². The van der Waals surface area contributed by atoms with Gasteiger partial charge in [-0.2, -0.15) is 5.26 Å². The Labute approximate surface area is 202 Å². The van der Waals surface area contributed by atoms with Crippen molar-refractivity contribution in [2.24, 2.45) is 0 Å². The van der Waals surface area contributed by atoms with E-state index >= 15 is 0 Å². The first-order chi connectivity index (χ1) is 16.6. The zero-order chi connectivity index (χ0) is 23.8. The molecule has 0 saturated carbocycles. The van der Waals surface area contributed by atoms with Crippen molar-refractivity contribution in [2.75, 3.05) is 11.9 Å². The molecule has 34 heavy (non-hydrogen) atoms. The SMILES string of the molecule is N#CCCNC(=O)C(Cc1csc2ccccc12)NC(=O)Nc1ccc(-c2ccccc2)cc1. The molecule has 0 fully saturated rings. The zero-order valence-corrected chi connectivity index (χ0v) is 19.3. The molecule has 1 heterocycles. The number of hydrogen-bond donors (Lipinski definition) is 3. The minimum absolute atomic E-state index is 0.208. The van der Waals surface area contributed by atoms with E-state index < -0.39 is 12.1 Å². The van der Waals surface area contributed by atoms with Gasteiger partial charge in [-0.05, 0) is 45.7 Å². The molecule has 1 aromatic heterocycles. The predicted molar refractivity (Wildman–Crippen MR) is 137 cm³/mol. The number of amides is 3. The van der Waals surface area contributed by atoms with Gasteiger partial charge in [-0.3, -0.25) is 4.79 Å². The summed E-state index contributed by atoms with van der Waals surface area (Å²) in [7, 11) is 0. The van der Waals surface area contributed by atoms with E-state index in [0.29, 0.717) is 12.1 Å². The predicted octanol–water partition coefficient (Wildman–Crippen LogP) is 5.33. The molecular formula is C27H24N4O2S. The van der Waals surface area contributed by atoms with Crippen LogP contribution in [0, 0.1) is 11.3 Å². The quantitative estimate of drug-likeness (QED) is 0.305. The van der Waals surface area contributed by atoms with Gasteiger partial charge in [-0.25, -0.2) is 4.79 Å². The highest BCUT2D eigenvalue weighted by atomic mass is 32.1.